The van der Waals surface area contributed by atoms with Crippen LogP contribution in [0.3, 0.4) is 0 Å². The summed E-state index contributed by atoms with van der Waals surface area (Å²) in [6, 6.07) is 4.47. The van der Waals surface area contributed by atoms with E-state index < -0.39 is 0 Å². The highest BCUT2D eigenvalue weighted by Crippen LogP contribution is 2.34. The van der Waals surface area contributed by atoms with Crippen LogP contribution >= 0.6 is 0 Å². The minimum atomic E-state index is 0.581. The van der Waals surface area contributed by atoms with Gasteiger partial charge in [-0.3, -0.25) is 0 Å². The lowest BCUT2D eigenvalue weighted by Gasteiger charge is -2.23. The number of anilines is 2. The zero-order valence-electron chi connectivity index (χ0n) is 12.0. The molecule has 0 spiro atoms. The Bertz CT molecular complexity index is 458. The summed E-state index contributed by atoms with van der Waals surface area (Å²) >= 11 is 0. The van der Waals surface area contributed by atoms with Crippen molar-refractivity contribution < 1.29 is 9.47 Å². The number of aromatic nitrogens is 1. The number of nitrogens with zero attached hydrogens (tertiary/aromatic N) is 2. The molecule has 3 rings (SSSR count). The molecule has 2 aliphatic rings. The summed E-state index contributed by atoms with van der Waals surface area (Å²) in [6.45, 7) is 2.31. The van der Waals surface area contributed by atoms with Gasteiger partial charge in [-0.25, -0.2) is 0 Å². The summed E-state index contributed by atoms with van der Waals surface area (Å²) in [5, 5.41) is 0. The number of nitrogen functional groups attached to an aromatic ring is 1. The summed E-state index contributed by atoms with van der Waals surface area (Å²) in [6.07, 6.45) is 4.99. The SMILES string of the molecule is COCCN(c1ccc(N)c(OCC2CC2)n1)C1CC1. The minimum Gasteiger partial charge on any atom is -0.476 e. The molecule has 20 heavy (non-hydrogen) atoms. The fraction of sp³-hybridized carbons (Fsp3) is 0.667. The van der Waals surface area contributed by atoms with Crippen molar-refractivity contribution >= 4 is 11.5 Å². The summed E-state index contributed by atoms with van der Waals surface area (Å²) in [5.41, 5.74) is 6.58. The lowest BCUT2D eigenvalue weighted by atomic mass is 10.3. The maximum Gasteiger partial charge on any atom is 0.239 e. The Morgan fingerprint density at radius 2 is 2.10 bits per heavy atom. The third-order valence-corrected chi connectivity index (χ3v) is 3.85. The molecule has 0 atom stereocenters. The molecule has 0 amide bonds. The van der Waals surface area contributed by atoms with E-state index >= 15 is 0 Å². The molecule has 0 aliphatic heterocycles. The second-order valence-corrected chi connectivity index (χ2v) is 5.74. The molecule has 0 radical (unpaired) electrons. The second kappa shape index (κ2) is 5.87. The van der Waals surface area contributed by atoms with Crippen LogP contribution in [0.4, 0.5) is 11.5 Å². The fourth-order valence-electron chi connectivity index (χ4n) is 2.26. The number of hydrogen-bond acceptors (Lipinski definition) is 5. The summed E-state index contributed by atoms with van der Waals surface area (Å²) in [5.74, 6) is 2.23. The monoisotopic (exact) mass is 277 g/mol. The fourth-order valence-corrected chi connectivity index (χ4v) is 2.26. The largest absolute Gasteiger partial charge is 0.476 e. The van der Waals surface area contributed by atoms with Crippen LogP contribution in [0.25, 0.3) is 0 Å². The van der Waals surface area contributed by atoms with Gasteiger partial charge in [-0.1, -0.05) is 0 Å². The Kier molecular flexibility index (Phi) is 3.96. The van der Waals surface area contributed by atoms with Gasteiger partial charge in [0.1, 0.15) is 5.82 Å². The van der Waals surface area contributed by atoms with E-state index in [9.17, 15) is 0 Å². The number of methoxy groups -OCH3 is 1. The zero-order chi connectivity index (χ0) is 13.9. The van der Waals surface area contributed by atoms with Crippen molar-refractivity contribution in [3.8, 4) is 5.88 Å². The van der Waals surface area contributed by atoms with Crippen LogP contribution in [0.2, 0.25) is 0 Å². The predicted octanol–water partition coefficient (Wildman–Crippen LogP) is 2.07. The Morgan fingerprint density at radius 1 is 1.30 bits per heavy atom. The first-order chi connectivity index (χ1) is 9.78. The summed E-state index contributed by atoms with van der Waals surface area (Å²) in [7, 11) is 1.73. The molecule has 2 aliphatic carbocycles. The molecule has 0 bridgehead atoms. The van der Waals surface area contributed by atoms with Crippen molar-refractivity contribution in [3.05, 3.63) is 12.1 Å². The van der Waals surface area contributed by atoms with Gasteiger partial charge in [0.25, 0.3) is 0 Å². The number of hydrogen-bond donors (Lipinski definition) is 1. The summed E-state index contributed by atoms with van der Waals surface area (Å²) < 4.78 is 10.9. The van der Waals surface area contributed by atoms with Gasteiger partial charge in [0.2, 0.25) is 5.88 Å². The van der Waals surface area contributed by atoms with Gasteiger partial charge in [-0.05, 0) is 43.7 Å². The Labute approximate surface area is 120 Å². The highest BCUT2D eigenvalue weighted by Gasteiger charge is 2.30. The highest BCUT2D eigenvalue weighted by atomic mass is 16.5. The van der Waals surface area contributed by atoms with Gasteiger partial charge >= 0.3 is 0 Å². The van der Waals surface area contributed by atoms with Crippen molar-refractivity contribution in [2.45, 2.75) is 31.7 Å². The van der Waals surface area contributed by atoms with Gasteiger partial charge in [0, 0.05) is 19.7 Å². The van der Waals surface area contributed by atoms with Crippen molar-refractivity contribution in [3.63, 3.8) is 0 Å². The zero-order valence-corrected chi connectivity index (χ0v) is 12.0. The summed E-state index contributed by atoms with van der Waals surface area (Å²) in [4.78, 5) is 6.91. The van der Waals surface area contributed by atoms with Crippen LogP contribution < -0.4 is 15.4 Å². The molecule has 5 heteroatoms. The lowest BCUT2D eigenvalue weighted by Crippen LogP contribution is -2.30. The first kappa shape index (κ1) is 13.5. The van der Waals surface area contributed by atoms with Crippen LogP contribution in [-0.4, -0.2) is 37.9 Å². The number of pyridine rings is 1. The minimum absolute atomic E-state index is 0.581. The second-order valence-electron chi connectivity index (χ2n) is 5.74. The van der Waals surface area contributed by atoms with Gasteiger partial charge in [-0.15, -0.1) is 0 Å². The molecule has 1 aromatic rings. The van der Waals surface area contributed by atoms with E-state index in [0.717, 1.165) is 19.0 Å². The molecule has 110 valence electrons. The topological polar surface area (TPSA) is 60.6 Å². The van der Waals surface area contributed by atoms with Gasteiger partial charge < -0.3 is 20.1 Å². The molecule has 0 saturated heterocycles. The van der Waals surface area contributed by atoms with E-state index in [1.807, 2.05) is 12.1 Å². The molecule has 5 nitrogen and oxygen atoms in total. The highest BCUT2D eigenvalue weighted by molar-refractivity contribution is 5.55. The maximum absolute atomic E-state index is 5.96. The van der Waals surface area contributed by atoms with E-state index in [4.69, 9.17) is 15.2 Å². The Balaban J connectivity index is 1.71. The lowest BCUT2D eigenvalue weighted by molar-refractivity contribution is 0.204. The van der Waals surface area contributed by atoms with Gasteiger partial charge in [0.15, 0.2) is 0 Å². The molecule has 2 saturated carbocycles. The van der Waals surface area contributed by atoms with Gasteiger partial charge in [-0.2, -0.15) is 4.98 Å². The molecule has 2 fully saturated rings. The van der Waals surface area contributed by atoms with E-state index in [1.165, 1.54) is 25.7 Å². The molecule has 1 heterocycles. The van der Waals surface area contributed by atoms with E-state index in [2.05, 4.69) is 9.88 Å². The molecule has 1 aromatic heterocycles. The molecule has 0 unspecified atom stereocenters. The number of rotatable bonds is 8. The van der Waals surface area contributed by atoms with Crippen LogP contribution in [0.1, 0.15) is 25.7 Å². The number of ether oxygens (including phenoxy) is 2. The van der Waals surface area contributed by atoms with E-state index in [-0.39, 0.29) is 0 Å². The average molecular weight is 277 g/mol. The first-order valence-corrected chi connectivity index (χ1v) is 7.43. The maximum atomic E-state index is 5.96. The standard InChI is InChI=1S/C15H23N3O2/c1-19-9-8-18(12-4-5-12)14-7-6-13(16)15(17-14)20-10-11-2-3-11/h6-7,11-12H,2-5,8-10,16H2,1H3. The molecular weight excluding hydrogens is 254 g/mol. The molecule has 2 N–H and O–H groups in total. The first-order valence-electron chi connectivity index (χ1n) is 7.43. The van der Waals surface area contributed by atoms with E-state index in [0.29, 0.717) is 30.1 Å². The number of nitrogens with two attached hydrogens (primary N) is 1. The molecular formula is C15H23N3O2. The van der Waals surface area contributed by atoms with Crippen LogP contribution in [0, 0.1) is 5.92 Å². The van der Waals surface area contributed by atoms with Crippen LogP contribution in [-0.2, 0) is 4.74 Å². The van der Waals surface area contributed by atoms with Crippen LogP contribution in [0.15, 0.2) is 12.1 Å². The normalized spacial score (nSPS) is 18.1. The molecule has 0 aromatic carbocycles. The Hall–Kier alpha value is -1.49. The quantitative estimate of drug-likeness (QED) is 0.788. The average Bonchev–Trinajstić information content (AvgIpc) is 3.33. The van der Waals surface area contributed by atoms with Crippen molar-refractivity contribution in [1.82, 2.24) is 4.98 Å². The third-order valence-electron chi connectivity index (χ3n) is 3.85. The van der Waals surface area contributed by atoms with Crippen molar-refractivity contribution in [2.75, 3.05) is 37.5 Å². The van der Waals surface area contributed by atoms with Gasteiger partial charge in [0.05, 0.1) is 18.9 Å². The third kappa shape index (κ3) is 3.33. The smallest absolute Gasteiger partial charge is 0.239 e. The van der Waals surface area contributed by atoms with Crippen LogP contribution in [0.5, 0.6) is 5.88 Å². The Morgan fingerprint density at radius 3 is 2.75 bits per heavy atom. The van der Waals surface area contributed by atoms with Crippen molar-refractivity contribution in [2.24, 2.45) is 5.92 Å². The van der Waals surface area contributed by atoms with Crippen molar-refractivity contribution in [1.29, 1.82) is 0 Å². The van der Waals surface area contributed by atoms with E-state index in [1.54, 1.807) is 7.11 Å². The predicted molar refractivity (Wildman–Crippen MR) is 79.1 cm³/mol.